The summed E-state index contributed by atoms with van der Waals surface area (Å²) in [4.78, 5) is 24.3. The van der Waals surface area contributed by atoms with Crippen LogP contribution < -0.4 is 21.7 Å². The van der Waals surface area contributed by atoms with Gasteiger partial charge in [0.15, 0.2) is 0 Å². The molecule has 0 heterocycles. The van der Waals surface area contributed by atoms with Gasteiger partial charge in [-0.1, -0.05) is 13.8 Å². The third kappa shape index (κ3) is 5.50. The van der Waals surface area contributed by atoms with Gasteiger partial charge < -0.3 is 21.7 Å². The fraction of sp³-hybridized carbons (Fsp3) is 0.900. The van der Waals surface area contributed by atoms with Crippen molar-refractivity contribution in [2.24, 2.45) is 23.5 Å². The van der Waals surface area contributed by atoms with Crippen LogP contribution in [0.25, 0.3) is 0 Å². The maximum Gasteiger partial charge on any atom is 0.315 e. The lowest BCUT2D eigenvalue weighted by Crippen LogP contribution is -2.61. The second-order valence-electron chi connectivity index (χ2n) is 9.17. The van der Waals surface area contributed by atoms with Crippen molar-refractivity contribution in [1.29, 1.82) is 0 Å². The van der Waals surface area contributed by atoms with Crippen molar-refractivity contribution in [3.8, 4) is 0 Å². The molecule has 156 valence electrons. The Bertz CT molecular complexity index is 501. The van der Waals surface area contributed by atoms with Gasteiger partial charge >= 0.3 is 6.03 Å². The number of nitrogens with one attached hydrogen (secondary N) is 3. The summed E-state index contributed by atoms with van der Waals surface area (Å²) in [6.45, 7) is 4.91. The van der Waals surface area contributed by atoms with Crippen LogP contribution in [0.3, 0.4) is 0 Å². The Balaban J connectivity index is 0.00000261. The Morgan fingerprint density at radius 1 is 1.00 bits per heavy atom. The van der Waals surface area contributed by atoms with Crippen molar-refractivity contribution in [3.63, 3.8) is 0 Å². The van der Waals surface area contributed by atoms with E-state index in [4.69, 9.17) is 5.73 Å². The van der Waals surface area contributed by atoms with E-state index in [-0.39, 0.29) is 41.8 Å². The molecule has 0 aromatic carbocycles. The first-order chi connectivity index (χ1) is 12.4. The van der Waals surface area contributed by atoms with Crippen molar-refractivity contribution in [1.82, 2.24) is 16.0 Å². The molecule has 0 unspecified atom stereocenters. The van der Waals surface area contributed by atoms with E-state index in [9.17, 15) is 9.59 Å². The summed E-state index contributed by atoms with van der Waals surface area (Å²) < 4.78 is 0. The topological polar surface area (TPSA) is 96.2 Å². The van der Waals surface area contributed by atoms with Crippen molar-refractivity contribution in [2.45, 2.75) is 82.7 Å². The lowest BCUT2D eigenvalue weighted by molar-refractivity contribution is -0.121. The largest absolute Gasteiger partial charge is 0.354 e. The van der Waals surface area contributed by atoms with E-state index in [1.54, 1.807) is 0 Å². The molecule has 0 aromatic heterocycles. The van der Waals surface area contributed by atoms with Crippen LogP contribution in [-0.2, 0) is 4.79 Å². The highest BCUT2D eigenvalue weighted by atomic mass is 35.5. The molecule has 4 fully saturated rings. The average Bonchev–Trinajstić information content (AvgIpc) is 2.58. The third-order valence-electron chi connectivity index (χ3n) is 7.10. The van der Waals surface area contributed by atoms with Crippen LogP contribution in [0.2, 0.25) is 0 Å². The molecule has 4 aliphatic rings. The predicted molar refractivity (Wildman–Crippen MR) is 110 cm³/mol. The number of hydrogen-bond donors (Lipinski definition) is 4. The van der Waals surface area contributed by atoms with Gasteiger partial charge in [0.2, 0.25) is 5.91 Å². The van der Waals surface area contributed by atoms with Crippen LogP contribution >= 0.6 is 12.4 Å². The SMILES string of the molecule is CCC(N)(CC)CNC(=O)CCNC(=O)NC12CC3CC(CC(C3)C1)C2.Cl. The molecule has 7 heteroatoms. The van der Waals surface area contributed by atoms with Crippen LogP contribution in [0, 0.1) is 17.8 Å². The van der Waals surface area contributed by atoms with Gasteiger partial charge in [-0.3, -0.25) is 4.79 Å². The highest BCUT2D eigenvalue weighted by Gasteiger charge is 2.51. The van der Waals surface area contributed by atoms with Gasteiger partial charge in [-0.2, -0.15) is 0 Å². The number of carbonyl (C=O) groups is 2. The summed E-state index contributed by atoms with van der Waals surface area (Å²) in [5.74, 6) is 2.36. The van der Waals surface area contributed by atoms with Crippen LogP contribution in [0.15, 0.2) is 0 Å². The third-order valence-corrected chi connectivity index (χ3v) is 7.10. The van der Waals surface area contributed by atoms with Gasteiger partial charge in [0.05, 0.1) is 0 Å². The summed E-state index contributed by atoms with van der Waals surface area (Å²) in [6, 6.07) is -0.116. The molecule has 0 radical (unpaired) electrons. The summed E-state index contributed by atoms with van der Waals surface area (Å²) in [5.41, 5.74) is 5.87. The summed E-state index contributed by atoms with van der Waals surface area (Å²) in [5, 5.41) is 9.03. The van der Waals surface area contributed by atoms with Crippen LogP contribution in [0.4, 0.5) is 4.79 Å². The minimum Gasteiger partial charge on any atom is -0.354 e. The van der Waals surface area contributed by atoms with Gasteiger partial charge in [-0.15, -0.1) is 12.4 Å². The normalized spacial score (nSPS) is 31.1. The van der Waals surface area contributed by atoms with E-state index in [1.807, 2.05) is 13.8 Å². The fourth-order valence-electron chi connectivity index (χ4n) is 5.70. The van der Waals surface area contributed by atoms with Crippen molar-refractivity contribution >= 4 is 24.3 Å². The van der Waals surface area contributed by atoms with Gasteiger partial charge in [0.1, 0.15) is 0 Å². The summed E-state index contributed by atoms with van der Waals surface area (Å²) in [6.07, 6.45) is 9.45. The van der Waals surface area contributed by atoms with E-state index < -0.39 is 0 Å². The number of amides is 3. The molecule has 4 bridgehead atoms. The van der Waals surface area contributed by atoms with E-state index in [1.165, 1.54) is 19.3 Å². The van der Waals surface area contributed by atoms with Gasteiger partial charge in [-0.05, 0) is 69.1 Å². The highest BCUT2D eigenvalue weighted by molar-refractivity contribution is 5.85. The first kappa shape index (κ1) is 22.3. The zero-order valence-electron chi connectivity index (χ0n) is 16.8. The molecule has 0 saturated heterocycles. The van der Waals surface area contributed by atoms with E-state index in [2.05, 4.69) is 16.0 Å². The van der Waals surface area contributed by atoms with Gasteiger partial charge in [0, 0.05) is 30.6 Å². The fourth-order valence-corrected chi connectivity index (χ4v) is 5.70. The first-order valence-corrected chi connectivity index (χ1v) is 10.5. The minimum atomic E-state index is -0.334. The number of hydrogen-bond acceptors (Lipinski definition) is 3. The predicted octanol–water partition coefficient (Wildman–Crippen LogP) is 2.70. The molecular formula is C20H37ClN4O2. The molecule has 3 amide bonds. The number of urea groups is 1. The molecule has 27 heavy (non-hydrogen) atoms. The monoisotopic (exact) mass is 400 g/mol. The average molecular weight is 401 g/mol. The van der Waals surface area contributed by atoms with Crippen LogP contribution in [0.1, 0.15) is 71.6 Å². The standard InChI is InChI=1S/C20H36N4O2.ClH/c1-3-19(21,4-2)13-23-17(25)5-6-22-18(26)24-20-10-14-7-15(11-20)9-16(8-14)12-20;/h14-16H,3-13,21H2,1-2H3,(H,23,25)(H2,22,24,26);1H. The number of nitrogens with two attached hydrogens (primary N) is 1. The molecule has 4 aliphatic carbocycles. The maximum absolute atomic E-state index is 12.3. The molecule has 0 spiro atoms. The van der Waals surface area contributed by atoms with Crippen molar-refractivity contribution in [2.75, 3.05) is 13.1 Å². The number of carbonyl (C=O) groups excluding carboxylic acids is 2. The Morgan fingerprint density at radius 3 is 2.00 bits per heavy atom. The van der Waals surface area contributed by atoms with Gasteiger partial charge in [-0.25, -0.2) is 4.79 Å². The van der Waals surface area contributed by atoms with Crippen molar-refractivity contribution < 1.29 is 9.59 Å². The zero-order chi connectivity index (χ0) is 18.8. The number of halogens is 1. The molecule has 5 N–H and O–H groups in total. The Kier molecular flexibility index (Phi) is 7.42. The molecule has 4 saturated carbocycles. The van der Waals surface area contributed by atoms with E-state index >= 15 is 0 Å². The summed E-state index contributed by atoms with van der Waals surface area (Å²) in [7, 11) is 0. The lowest BCUT2D eigenvalue weighted by atomic mass is 9.53. The second-order valence-corrected chi connectivity index (χ2v) is 9.17. The van der Waals surface area contributed by atoms with Crippen molar-refractivity contribution in [3.05, 3.63) is 0 Å². The van der Waals surface area contributed by atoms with Crippen LogP contribution in [-0.4, -0.2) is 36.1 Å². The minimum absolute atomic E-state index is 0. The Morgan fingerprint density at radius 2 is 1.52 bits per heavy atom. The lowest BCUT2D eigenvalue weighted by Gasteiger charge is -2.56. The second kappa shape index (κ2) is 8.99. The Hall–Kier alpha value is -1.01. The highest BCUT2D eigenvalue weighted by Crippen LogP contribution is 2.55. The zero-order valence-corrected chi connectivity index (χ0v) is 17.6. The van der Waals surface area contributed by atoms with E-state index in [0.717, 1.165) is 49.9 Å². The van der Waals surface area contributed by atoms with Crippen LogP contribution in [0.5, 0.6) is 0 Å². The molecule has 4 rings (SSSR count). The van der Waals surface area contributed by atoms with Gasteiger partial charge in [0.25, 0.3) is 0 Å². The smallest absolute Gasteiger partial charge is 0.315 e. The molecule has 0 aromatic rings. The molecule has 6 nitrogen and oxygen atoms in total. The van der Waals surface area contributed by atoms with E-state index in [0.29, 0.717) is 13.1 Å². The summed E-state index contributed by atoms with van der Waals surface area (Å²) >= 11 is 0. The molecule has 0 aliphatic heterocycles. The number of rotatable bonds is 8. The molecular weight excluding hydrogens is 364 g/mol. The first-order valence-electron chi connectivity index (χ1n) is 10.5. The quantitative estimate of drug-likeness (QED) is 0.504. The maximum atomic E-state index is 12.3. The molecule has 0 atom stereocenters. The Labute approximate surface area is 169 Å².